The van der Waals surface area contributed by atoms with E-state index in [2.05, 4.69) is 0 Å². The van der Waals surface area contributed by atoms with Crippen LogP contribution in [0.4, 0.5) is 11.4 Å². The summed E-state index contributed by atoms with van der Waals surface area (Å²) in [6, 6.07) is 32.8. The highest BCUT2D eigenvalue weighted by Gasteiger charge is 2.41. The zero-order valence-corrected chi connectivity index (χ0v) is 21.3. The van der Waals surface area contributed by atoms with Gasteiger partial charge in [-0.1, -0.05) is 78.3 Å². The first-order chi connectivity index (χ1) is 18.1. The lowest BCUT2D eigenvalue weighted by Gasteiger charge is -2.33. The summed E-state index contributed by atoms with van der Waals surface area (Å²) in [6.45, 7) is 1.78. The molecule has 0 fully saturated rings. The number of hydrogen-bond donors (Lipinski definition) is 0. The second-order valence-electron chi connectivity index (χ2n) is 8.50. The van der Waals surface area contributed by atoms with Crippen molar-refractivity contribution in [3.05, 3.63) is 119 Å². The normalized spacial score (nSPS) is 14.9. The number of halogens is 1. The predicted molar refractivity (Wildman–Crippen MR) is 147 cm³/mol. The predicted octanol–water partition coefficient (Wildman–Crippen LogP) is 6.86. The summed E-state index contributed by atoms with van der Waals surface area (Å²) in [5, 5.41) is 7.28. The molecule has 0 N–H and O–H groups in total. The molecule has 5 rings (SSSR count). The molecule has 0 radical (unpaired) electrons. The zero-order chi connectivity index (χ0) is 25.8. The molecular formula is C30H26ClN3O3. The monoisotopic (exact) mass is 511 g/mol. The molecule has 186 valence electrons. The molecule has 0 spiro atoms. The highest BCUT2D eigenvalue weighted by molar-refractivity contribution is 6.44. The largest absolute Gasteiger partial charge is 0.493 e. The number of rotatable bonds is 8. The van der Waals surface area contributed by atoms with Gasteiger partial charge in [0, 0.05) is 28.8 Å². The summed E-state index contributed by atoms with van der Waals surface area (Å²) in [7, 11) is 1.61. The lowest BCUT2D eigenvalue weighted by atomic mass is 10.1. The van der Waals surface area contributed by atoms with E-state index in [9.17, 15) is 4.79 Å². The number of ether oxygens (including phenoxy) is 2. The van der Waals surface area contributed by atoms with Crippen LogP contribution in [0.2, 0.25) is 5.02 Å². The fourth-order valence-electron chi connectivity index (χ4n) is 4.39. The summed E-state index contributed by atoms with van der Waals surface area (Å²) in [4.78, 5) is 14.8. The summed E-state index contributed by atoms with van der Waals surface area (Å²) < 4.78 is 12.1. The maximum absolute atomic E-state index is 12.9. The van der Waals surface area contributed by atoms with Gasteiger partial charge in [0.05, 0.1) is 12.8 Å². The van der Waals surface area contributed by atoms with Gasteiger partial charge in [-0.3, -0.25) is 9.69 Å². The third kappa shape index (κ3) is 4.88. The van der Waals surface area contributed by atoms with Crippen molar-refractivity contribution in [2.24, 2.45) is 5.10 Å². The van der Waals surface area contributed by atoms with Crippen molar-refractivity contribution in [1.29, 1.82) is 0 Å². The van der Waals surface area contributed by atoms with Gasteiger partial charge in [-0.2, -0.15) is 0 Å². The number of amidine groups is 1. The first-order valence-corrected chi connectivity index (χ1v) is 12.3. The maximum Gasteiger partial charge on any atom is 0.198 e. The van der Waals surface area contributed by atoms with Gasteiger partial charge in [-0.15, -0.1) is 5.10 Å². The minimum Gasteiger partial charge on any atom is -0.493 e. The van der Waals surface area contributed by atoms with E-state index in [0.29, 0.717) is 22.4 Å². The molecular weight excluding hydrogens is 486 g/mol. The highest BCUT2D eigenvalue weighted by atomic mass is 35.5. The van der Waals surface area contributed by atoms with Crippen LogP contribution in [-0.4, -0.2) is 18.7 Å². The van der Waals surface area contributed by atoms with Gasteiger partial charge in [0.15, 0.2) is 29.3 Å². The zero-order valence-electron chi connectivity index (χ0n) is 20.5. The van der Waals surface area contributed by atoms with Crippen LogP contribution in [0.3, 0.4) is 0 Å². The quantitative estimate of drug-likeness (QED) is 0.259. The SMILES string of the molecule is COc1cccc(C2N(c3ccccc3)N=C(C(C)=O)N2c2ccccc2)c1OCc1ccccc1Cl. The molecule has 1 atom stereocenters. The third-order valence-corrected chi connectivity index (χ3v) is 6.48. The third-order valence-electron chi connectivity index (χ3n) is 6.11. The molecule has 1 aliphatic rings. The van der Waals surface area contributed by atoms with Crippen LogP contribution in [0, 0.1) is 0 Å². The van der Waals surface area contributed by atoms with Crippen LogP contribution in [0.1, 0.15) is 24.2 Å². The van der Waals surface area contributed by atoms with E-state index in [0.717, 1.165) is 22.5 Å². The van der Waals surface area contributed by atoms with E-state index < -0.39 is 6.17 Å². The number of methoxy groups -OCH3 is 1. The summed E-state index contributed by atoms with van der Waals surface area (Å²) in [6.07, 6.45) is -0.514. The second kappa shape index (κ2) is 10.8. The molecule has 4 aromatic carbocycles. The Morgan fingerprint density at radius 1 is 0.865 bits per heavy atom. The number of nitrogens with zero attached hydrogens (tertiary/aromatic N) is 3. The van der Waals surface area contributed by atoms with Crippen molar-refractivity contribution in [2.75, 3.05) is 17.0 Å². The number of Topliss-reactive ketones (excluding diaryl/α,β-unsaturated/α-hetero) is 1. The van der Waals surface area contributed by atoms with E-state index in [-0.39, 0.29) is 12.4 Å². The van der Waals surface area contributed by atoms with Crippen LogP contribution in [0.5, 0.6) is 11.5 Å². The van der Waals surface area contributed by atoms with Gasteiger partial charge in [0.25, 0.3) is 0 Å². The number of carbonyl (C=O) groups excluding carboxylic acids is 1. The summed E-state index contributed by atoms with van der Waals surface area (Å²) in [5.74, 6) is 1.31. The average Bonchev–Trinajstić information content (AvgIpc) is 3.34. The van der Waals surface area contributed by atoms with Crippen LogP contribution < -0.4 is 19.4 Å². The number of hydrogen-bond acceptors (Lipinski definition) is 6. The Balaban J connectivity index is 1.67. The fraction of sp³-hybridized carbons (Fsp3) is 0.133. The smallest absolute Gasteiger partial charge is 0.198 e. The maximum atomic E-state index is 12.9. The Hall–Kier alpha value is -4.29. The molecule has 0 saturated carbocycles. The van der Waals surface area contributed by atoms with Crippen molar-refractivity contribution in [3.8, 4) is 11.5 Å². The van der Waals surface area contributed by atoms with Crippen molar-refractivity contribution >= 4 is 34.6 Å². The van der Waals surface area contributed by atoms with Crippen molar-refractivity contribution in [3.63, 3.8) is 0 Å². The van der Waals surface area contributed by atoms with Gasteiger partial charge in [0.2, 0.25) is 0 Å². The molecule has 1 unspecified atom stereocenters. The van der Waals surface area contributed by atoms with E-state index in [1.54, 1.807) is 7.11 Å². The van der Waals surface area contributed by atoms with Crippen molar-refractivity contribution in [1.82, 2.24) is 0 Å². The minimum absolute atomic E-state index is 0.145. The van der Waals surface area contributed by atoms with E-state index in [1.807, 2.05) is 113 Å². The number of anilines is 2. The van der Waals surface area contributed by atoms with E-state index in [4.69, 9.17) is 26.2 Å². The number of carbonyl (C=O) groups is 1. The molecule has 37 heavy (non-hydrogen) atoms. The number of benzene rings is 4. The van der Waals surface area contributed by atoms with Crippen molar-refractivity contribution < 1.29 is 14.3 Å². The summed E-state index contributed by atoms with van der Waals surface area (Å²) in [5.41, 5.74) is 3.32. The Labute approximate surface area is 221 Å². The molecule has 0 bridgehead atoms. The molecule has 0 aromatic heterocycles. The first-order valence-electron chi connectivity index (χ1n) is 11.9. The Morgan fingerprint density at radius 3 is 2.16 bits per heavy atom. The summed E-state index contributed by atoms with van der Waals surface area (Å²) >= 11 is 6.41. The van der Waals surface area contributed by atoms with Gasteiger partial charge in [-0.25, -0.2) is 5.01 Å². The molecule has 0 aliphatic carbocycles. The van der Waals surface area contributed by atoms with Gasteiger partial charge >= 0.3 is 0 Å². The minimum atomic E-state index is -0.514. The van der Waals surface area contributed by atoms with Crippen molar-refractivity contribution in [2.45, 2.75) is 19.7 Å². The second-order valence-corrected chi connectivity index (χ2v) is 8.91. The van der Waals surface area contributed by atoms with Crippen LogP contribution in [0.15, 0.2) is 108 Å². The van der Waals surface area contributed by atoms with Crippen LogP contribution in [-0.2, 0) is 11.4 Å². The number of para-hydroxylation sites is 3. The molecule has 0 saturated heterocycles. The molecule has 0 amide bonds. The lowest BCUT2D eigenvalue weighted by molar-refractivity contribution is -0.111. The van der Waals surface area contributed by atoms with Gasteiger partial charge in [-0.05, 0) is 36.4 Å². The molecule has 6 nitrogen and oxygen atoms in total. The molecule has 1 aliphatic heterocycles. The highest BCUT2D eigenvalue weighted by Crippen LogP contribution is 2.45. The van der Waals surface area contributed by atoms with E-state index >= 15 is 0 Å². The van der Waals surface area contributed by atoms with Crippen LogP contribution in [0.25, 0.3) is 0 Å². The first kappa shape index (κ1) is 24.4. The van der Waals surface area contributed by atoms with E-state index in [1.165, 1.54) is 6.92 Å². The Bertz CT molecular complexity index is 1430. The lowest BCUT2D eigenvalue weighted by Crippen LogP contribution is -2.38. The average molecular weight is 512 g/mol. The molecule has 7 heteroatoms. The van der Waals surface area contributed by atoms with Crippen LogP contribution >= 0.6 is 11.6 Å². The number of hydrazone groups is 1. The molecule has 1 heterocycles. The topological polar surface area (TPSA) is 54.4 Å². The molecule has 4 aromatic rings. The standard InChI is InChI=1S/C30H26ClN3O3/c1-21(35)29-32-34(24-15-7-4-8-16-24)30(33(29)23-13-5-3-6-14-23)25-17-11-19-27(36-2)28(25)37-20-22-12-9-10-18-26(22)31/h3-19,30H,20H2,1-2H3. The van der Waals surface area contributed by atoms with Gasteiger partial charge < -0.3 is 9.47 Å². The fourth-order valence-corrected chi connectivity index (χ4v) is 4.58. The van der Waals surface area contributed by atoms with Gasteiger partial charge in [0.1, 0.15) is 6.61 Å². The Morgan fingerprint density at radius 2 is 1.51 bits per heavy atom. The number of ketones is 1. The Kier molecular flexibility index (Phi) is 7.10.